The molecule has 1 amide bonds. The first-order chi connectivity index (χ1) is 8.24. The normalized spacial score (nSPS) is 24.2. The summed E-state index contributed by atoms with van der Waals surface area (Å²) in [6.45, 7) is 0.456. The monoisotopic (exact) mass is 259 g/mol. The van der Waals surface area contributed by atoms with Gasteiger partial charge in [-0.15, -0.1) is 0 Å². The van der Waals surface area contributed by atoms with E-state index in [4.69, 9.17) is 4.74 Å². The lowest BCUT2D eigenvalue weighted by Crippen LogP contribution is -2.42. The Morgan fingerprint density at radius 1 is 1.18 bits per heavy atom. The van der Waals surface area contributed by atoms with E-state index in [0.717, 1.165) is 32.1 Å². The number of carbonyl (C=O) groups excluding carboxylic acids is 2. The highest BCUT2D eigenvalue weighted by Crippen LogP contribution is 2.08. The fourth-order valence-corrected chi connectivity index (χ4v) is 2.09. The van der Waals surface area contributed by atoms with Crippen molar-refractivity contribution in [3.8, 4) is 0 Å². The minimum Gasteiger partial charge on any atom is -0.464 e. The second-order valence-electron chi connectivity index (χ2n) is 4.32. The summed E-state index contributed by atoms with van der Waals surface area (Å²) < 4.78 is 5.14. The highest BCUT2D eigenvalue weighted by atomic mass is 32.1. The van der Waals surface area contributed by atoms with E-state index in [-0.39, 0.29) is 11.9 Å². The van der Waals surface area contributed by atoms with Crippen LogP contribution in [-0.4, -0.2) is 30.3 Å². The van der Waals surface area contributed by atoms with Gasteiger partial charge in [0.1, 0.15) is 6.04 Å². The Kier molecular flexibility index (Phi) is 7.08. The maximum absolute atomic E-state index is 11.7. The predicted molar refractivity (Wildman–Crippen MR) is 69.1 cm³/mol. The Morgan fingerprint density at radius 3 is 2.65 bits per heavy atom. The molecule has 0 spiro atoms. The molecule has 1 rings (SSSR count). The molecule has 1 saturated heterocycles. The van der Waals surface area contributed by atoms with Crippen LogP contribution in [0.4, 0.5) is 0 Å². The number of rotatable bonds is 2. The molecular formula is C12H21NO3S. The van der Waals surface area contributed by atoms with E-state index in [1.165, 1.54) is 0 Å². The Hall–Kier alpha value is -0.710. The van der Waals surface area contributed by atoms with Gasteiger partial charge in [-0.2, -0.15) is 12.6 Å². The second-order valence-corrected chi connectivity index (χ2v) is 4.76. The number of esters is 1. The average Bonchev–Trinajstić information content (AvgIpc) is 2.30. The fourth-order valence-electron chi connectivity index (χ4n) is 1.84. The number of cyclic esters (lactones) is 1. The van der Waals surface area contributed by atoms with Gasteiger partial charge in [0.25, 0.3) is 0 Å². The molecule has 1 aliphatic heterocycles. The number of carbonyl (C=O) groups is 2. The molecule has 1 aliphatic rings. The van der Waals surface area contributed by atoms with Crippen molar-refractivity contribution in [2.75, 3.05) is 12.4 Å². The van der Waals surface area contributed by atoms with E-state index in [1.54, 1.807) is 0 Å². The first-order valence-corrected chi connectivity index (χ1v) is 6.94. The van der Waals surface area contributed by atoms with E-state index < -0.39 is 6.04 Å². The van der Waals surface area contributed by atoms with Gasteiger partial charge in [-0.3, -0.25) is 4.79 Å². The minimum absolute atomic E-state index is 0.0608. The standard InChI is InChI=1S/C12H21NO3S/c14-11-6-4-2-1-3-5-8-16-12(15)10(13-11)7-9-17/h10,17H,1-9H2,(H,13,14)/t10-/m0/s1. The van der Waals surface area contributed by atoms with Gasteiger partial charge in [-0.25, -0.2) is 4.79 Å². The van der Waals surface area contributed by atoms with Crippen molar-refractivity contribution in [2.45, 2.75) is 51.0 Å². The Bertz CT molecular complexity index is 258. The Labute approximate surface area is 108 Å². The molecule has 0 aromatic rings. The zero-order chi connectivity index (χ0) is 12.5. The zero-order valence-corrected chi connectivity index (χ0v) is 11.0. The Morgan fingerprint density at radius 2 is 1.88 bits per heavy atom. The molecule has 17 heavy (non-hydrogen) atoms. The number of hydrogen-bond donors (Lipinski definition) is 2. The minimum atomic E-state index is -0.528. The largest absolute Gasteiger partial charge is 0.464 e. The third-order valence-corrected chi connectivity index (χ3v) is 3.09. The molecule has 4 nitrogen and oxygen atoms in total. The highest BCUT2D eigenvalue weighted by molar-refractivity contribution is 7.80. The van der Waals surface area contributed by atoms with Crippen LogP contribution in [0.1, 0.15) is 44.9 Å². The SMILES string of the molecule is O=C1CCCCCCCOC(=O)[C@H](CCS)N1. The molecule has 98 valence electrons. The van der Waals surface area contributed by atoms with Gasteiger partial charge in [-0.05, 0) is 25.0 Å². The topological polar surface area (TPSA) is 55.4 Å². The van der Waals surface area contributed by atoms with Crippen LogP contribution in [0.25, 0.3) is 0 Å². The smallest absolute Gasteiger partial charge is 0.328 e. The molecule has 0 bridgehead atoms. The molecule has 1 N–H and O–H groups in total. The second kappa shape index (κ2) is 8.39. The number of thiol groups is 1. The van der Waals surface area contributed by atoms with Crippen molar-refractivity contribution < 1.29 is 14.3 Å². The summed E-state index contributed by atoms with van der Waals surface area (Å²) in [6, 6.07) is -0.528. The van der Waals surface area contributed by atoms with Crippen molar-refractivity contribution in [3.05, 3.63) is 0 Å². The van der Waals surface area contributed by atoms with Crippen LogP contribution in [0.5, 0.6) is 0 Å². The van der Waals surface area contributed by atoms with Gasteiger partial charge < -0.3 is 10.1 Å². The van der Waals surface area contributed by atoms with E-state index in [9.17, 15) is 9.59 Å². The summed E-state index contributed by atoms with van der Waals surface area (Å²) >= 11 is 4.09. The molecule has 0 aromatic carbocycles. The molecule has 0 radical (unpaired) electrons. The highest BCUT2D eigenvalue weighted by Gasteiger charge is 2.21. The van der Waals surface area contributed by atoms with E-state index in [0.29, 0.717) is 25.2 Å². The zero-order valence-electron chi connectivity index (χ0n) is 10.1. The van der Waals surface area contributed by atoms with Crippen LogP contribution in [-0.2, 0) is 14.3 Å². The van der Waals surface area contributed by atoms with Crippen LogP contribution in [0.15, 0.2) is 0 Å². The molecule has 1 heterocycles. The Balaban J connectivity index is 2.51. The van der Waals surface area contributed by atoms with Gasteiger partial charge in [-0.1, -0.05) is 19.3 Å². The first kappa shape index (κ1) is 14.4. The van der Waals surface area contributed by atoms with Gasteiger partial charge in [0.05, 0.1) is 6.61 Å². The van der Waals surface area contributed by atoms with E-state index in [2.05, 4.69) is 17.9 Å². The molecule has 0 saturated carbocycles. The van der Waals surface area contributed by atoms with E-state index in [1.807, 2.05) is 0 Å². The summed E-state index contributed by atoms with van der Waals surface area (Å²) in [7, 11) is 0. The fraction of sp³-hybridized carbons (Fsp3) is 0.833. The van der Waals surface area contributed by atoms with Gasteiger partial charge >= 0.3 is 5.97 Å². The molecule has 1 atom stereocenters. The maximum atomic E-state index is 11.7. The van der Waals surface area contributed by atoms with Crippen molar-refractivity contribution >= 4 is 24.5 Å². The van der Waals surface area contributed by atoms with Crippen molar-refractivity contribution in [2.24, 2.45) is 0 Å². The van der Waals surface area contributed by atoms with Crippen LogP contribution in [0.2, 0.25) is 0 Å². The average molecular weight is 259 g/mol. The van der Waals surface area contributed by atoms with Gasteiger partial charge in [0.2, 0.25) is 5.91 Å². The molecule has 0 aromatic heterocycles. The lowest BCUT2D eigenvalue weighted by Gasteiger charge is -2.17. The quantitative estimate of drug-likeness (QED) is 0.586. The summed E-state index contributed by atoms with van der Waals surface area (Å²) in [6.07, 6.45) is 6.06. The lowest BCUT2D eigenvalue weighted by molar-refractivity contribution is -0.148. The van der Waals surface area contributed by atoms with Gasteiger partial charge in [0, 0.05) is 6.42 Å². The molecular weight excluding hydrogens is 238 g/mol. The summed E-state index contributed by atoms with van der Waals surface area (Å²) in [5.74, 6) is 0.169. The number of nitrogens with one attached hydrogen (secondary N) is 1. The van der Waals surface area contributed by atoms with Crippen molar-refractivity contribution in [3.63, 3.8) is 0 Å². The van der Waals surface area contributed by atoms with Crippen LogP contribution >= 0.6 is 12.6 Å². The summed E-state index contributed by atoms with van der Waals surface area (Å²) in [5, 5.41) is 2.72. The lowest BCUT2D eigenvalue weighted by atomic mass is 10.1. The number of hydrogen-bond acceptors (Lipinski definition) is 4. The van der Waals surface area contributed by atoms with Crippen LogP contribution in [0.3, 0.4) is 0 Å². The molecule has 5 heteroatoms. The van der Waals surface area contributed by atoms with Crippen LogP contribution < -0.4 is 5.32 Å². The molecule has 1 fully saturated rings. The summed E-state index contributed by atoms with van der Waals surface area (Å²) in [5.41, 5.74) is 0. The van der Waals surface area contributed by atoms with Crippen molar-refractivity contribution in [1.29, 1.82) is 0 Å². The van der Waals surface area contributed by atoms with Crippen LogP contribution in [0, 0.1) is 0 Å². The predicted octanol–water partition coefficient (Wildman–Crippen LogP) is 1.69. The number of ether oxygens (including phenoxy) is 1. The molecule has 0 unspecified atom stereocenters. The van der Waals surface area contributed by atoms with E-state index >= 15 is 0 Å². The third kappa shape index (κ3) is 5.96. The molecule has 0 aliphatic carbocycles. The van der Waals surface area contributed by atoms with Crippen molar-refractivity contribution in [1.82, 2.24) is 5.32 Å². The first-order valence-electron chi connectivity index (χ1n) is 6.31. The van der Waals surface area contributed by atoms with Gasteiger partial charge in [0.15, 0.2) is 0 Å². The number of amides is 1. The third-order valence-electron chi connectivity index (χ3n) is 2.83. The summed E-state index contributed by atoms with van der Waals surface area (Å²) in [4.78, 5) is 23.3. The maximum Gasteiger partial charge on any atom is 0.328 e.